The van der Waals surface area contributed by atoms with E-state index in [0.717, 1.165) is 25.7 Å². The molecular formula is C17H29NO3. The van der Waals surface area contributed by atoms with Crippen LogP contribution in [0, 0.1) is 5.92 Å². The summed E-state index contributed by atoms with van der Waals surface area (Å²) >= 11 is 0. The Hall–Kier alpha value is -1.06. The van der Waals surface area contributed by atoms with Gasteiger partial charge in [-0.25, -0.2) is 0 Å². The van der Waals surface area contributed by atoms with E-state index in [2.05, 4.69) is 6.92 Å². The number of carbonyl (C=O) groups excluding carboxylic acids is 1. The lowest BCUT2D eigenvalue weighted by molar-refractivity contribution is -0.143. The van der Waals surface area contributed by atoms with E-state index >= 15 is 0 Å². The minimum atomic E-state index is -0.726. The number of hydrogen-bond donors (Lipinski definition) is 1. The van der Waals surface area contributed by atoms with E-state index in [1.165, 1.54) is 32.1 Å². The lowest BCUT2D eigenvalue weighted by atomic mass is 9.89. The summed E-state index contributed by atoms with van der Waals surface area (Å²) in [5.41, 5.74) is 0. The molecule has 0 spiro atoms. The van der Waals surface area contributed by atoms with Gasteiger partial charge in [-0.1, -0.05) is 45.4 Å². The lowest BCUT2D eigenvalue weighted by Gasteiger charge is -2.23. The number of aliphatic carboxylic acids is 1. The summed E-state index contributed by atoms with van der Waals surface area (Å²) in [5, 5.41) is 9.21. The van der Waals surface area contributed by atoms with Crippen LogP contribution in [-0.2, 0) is 9.59 Å². The SMILES string of the molecule is CCCCCCCCCC(=O)N1C2CCC1C(C(=O)O)C2. The Morgan fingerprint density at radius 2 is 1.71 bits per heavy atom. The fraction of sp³-hybridized carbons (Fsp3) is 0.882. The van der Waals surface area contributed by atoms with E-state index < -0.39 is 5.97 Å². The van der Waals surface area contributed by atoms with Crippen LogP contribution in [-0.4, -0.2) is 34.0 Å². The van der Waals surface area contributed by atoms with Crippen LogP contribution in [0.15, 0.2) is 0 Å². The summed E-state index contributed by atoms with van der Waals surface area (Å²) in [6.07, 6.45) is 11.6. The number of rotatable bonds is 9. The molecule has 0 aromatic rings. The second-order valence-electron chi connectivity index (χ2n) is 6.65. The van der Waals surface area contributed by atoms with Crippen molar-refractivity contribution in [3.8, 4) is 0 Å². The smallest absolute Gasteiger partial charge is 0.308 e. The first-order valence-electron chi connectivity index (χ1n) is 8.69. The van der Waals surface area contributed by atoms with Crippen molar-refractivity contribution < 1.29 is 14.7 Å². The molecule has 3 unspecified atom stereocenters. The molecule has 2 bridgehead atoms. The molecule has 2 aliphatic rings. The van der Waals surface area contributed by atoms with Gasteiger partial charge in [0.2, 0.25) is 5.91 Å². The average molecular weight is 295 g/mol. The van der Waals surface area contributed by atoms with Gasteiger partial charge in [0.15, 0.2) is 0 Å². The van der Waals surface area contributed by atoms with E-state index in [1.54, 1.807) is 0 Å². The quantitative estimate of drug-likeness (QED) is 0.661. The first-order valence-corrected chi connectivity index (χ1v) is 8.69. The molecule has 0 aliphatic carbocycles. The van der Waals surface area contributed by atoms with Crippen molar-refractivity contribution in [1.82, 2.24) is 4.90 Å². The second kappa shape index (κ2) is 7.81. The minimum Gasteiger partial charge on any atom is -0.481 e. The van der Waals surface area contributed by atoms with E-state index in [1.807, 2.05) is 4.90 Å². The second-order valence-corrected chi connectivity index (χ2v) is 6.65. The first-order chi connectivity index (χ1) is 10.1. The Morgan fingerprint density at radius 3 is 2.33 bits per heavy atom. The van der Waals surface area contributed by atoms with Crippen molar-refractivity contribution in [3.63, 3.8) is 0 Å². The monoisotopic (exact) mass is 295 g/mol. The van der Waals surface area contributed by atoms with Crippen molar-refractivity contribution in [2.45, 2.75) is 89.6 Å². The zero-order chi connectivity index (χ0) is 15.2. The van der Waals surface area contributed by atoms with Crippen LogP contribution in [0.5, 0.6) is 0 Å². The van der Waals surface area contributed by atoms with E-state index in [-0.39, 0.29) is 23.9 Å². The molecule has 4 nitrogen and oxygen atoms in total. The highest BCUT2D eigenvalue weighted by atomic mass is 16.4. The number of nitrogens with zero attached hydrogens (tertiary/aromatic N) is 1. The fourth-order valence-corrected chi connectivity index (χ4v) is 4.01. The maximum atomic E-state index is 12.3. The molecule has 2 heterocycles. The predicted octanol–water partition coefficient (Wildman–Crippen LogP) is 3.59. The van der Waals surface area contributed by atoms with Crippen molar-refractivity contribution >= 4 is 11.9 Å². The molecule has 4 heteroatoms. The van der Waals surface area contributed by atoms with Crippen LogP contribution < -0.4 is 0 Å². The number of hydrogen-bond acceptors (Lipinski definition) is 2. The molecule has 1 amide bonds. The summed E-state index contributed by atoms with van der Waals surface area (Å²) in [6, 6.07) is 0.178. The average Bonchev–Trinajstić information content (AvgIpc) is 3.04. The molecule has 0 aromatic carbocycles. The standard InChI is InChI=1S/C17H29NO3/c1-2-3-4-5-6-7-8-9-16(19)18-13-10-11-15(18)14(12-13)17(20)21/h13-15H,2-12H2,1H3,(H,20,21). The maximum absolute atomic E-state index is 12.3. The Bertz CT molecular complexity index is 369. The Morgan fingerprint density at radius 1 is 1.05 bits per heavy atom. The van der Waals surface area contributed by atoms with Crippen molar-refractivity contribution in [1.29, 1.82) is 0 Å². The molecule has 2 rings (SSSR count). The molecule has 2 fully saturated rings. The van der Waals surface area contributed by atoms with Crippen LogP contribution in [0.3, 0.4) is 0 Å². The number of amides is 1. The first kappa shape index (κ1) is 16.3. The molecule has 120 valence electrons. The third kappa shape index (κ3) is 3.98. The molecule has 2 saturated heterocycles. The van der Waals surface area contributed by atoms with Gasteiger partial charge in [0.1, 0.15) is 0 Å². The topological polar surface area (TPSA) is 57.6 Å². The van der Waals surface area contributed by atoms with Gasteiger partial charge in [-0.3, -0.25) is 9.59 Å². The van der Waals surface area contributed by atoms with Gasteiger partial charge in [0.05, 0.1) is 5.92 Å². The molecule has 0 radical (unpaired) electrons. The maximum Gasteiger partial charge on any atom is 0.308 e. The number of unbranched alkanes of at least 4 members (excludes halogenated alkanes) is 6. The number of fused-ring (bicyclic) bond motifs is 2. The van der Waals surface area contributed by atoms with Crippen LogP contribution in [0.1, 0.15) is 77.6 Å². The Kier molecular flexibility index (Phi) is 6.07. The van der Waals surface area contributed by atoms with Crippen molar-refractivity contribution in [2.24, 2.45) is 5.92 Å². The van der Waals surface area contributed by atoms with Gasteiger partial charge in [0, 0.05) is 18.5 Å². The largest absolute Gasteiger partial charge is 0.481 e. The van der Waals surface area contributed by atoms with E-state index in [0.29, 0.717) is 12.8 Å². The lowest BCUT2D eigenvalue weighted by Crippen LogP contribution is -2.37. The Balaban J connectivity index is 1.66. The van der Waals surface area contributed by atoms with Gasteiger partial charge in [-0.05, 0) is 25.7 Å². The number of carbonyl (C=O) groups is 2. The summed E-state index contributed by atoms with van der Waals surface area (Å²) in [7, 11) is 0. The van der Waals surface area contributed by atoms with Crippen LogP contribution in [0.25, 0.3) is 0 Å². The van der Waals surface area contributed by atoms with Crippen LogP contribution in [0.2, 0.25) is 0 Å². The van der Waals surface area contributed by atoms with Gasteiger partial charge < -0.3 is 10.0 Å². The molecule has 1 N–H and O–H groups in total. The third-order valence-corrected chi connectivity index (χ3v) is 5.14. The van der Waals surface area contributed by atoms with Gasteiger partial charge in [-0.2, -0.15) is 0 Å². The Labute approximate surface area is 127 Å². The van der Waals surface area contributed by atoms with Crippen molar-refractivity contribution in [2.75, 3.05) is 0 Å². The molecular weight excluding hydrogens is 266 g/mol. The summed E-state index contributed by atoms with van der Waals surface area (Å²) < 4.78 is 0. The van der Waals surface area contributed by atoms with Gasteiger partial charge in [0.25, 0.3) is 0 Å². The number of carboxylic acid groups (broad SMARTS) is 1. The zero-order valence-corrected chi connectivity index (χ0v) is 13.2. The fourth-order valence-electron chi connectivity index (χ4n) is 4.01. The molecule has 3 atom stereocenters. The molecule has 21 heavy (non-hydrogen) atoms. The third-order valence-electron chi connectivity index (χ3n) is 5.14. The predicted molar refractivity (Wildman–Crippen MR) is 82.0 cm³/mol. The summed E-state index contributed by atoms with van der Waals surface area (Å²) in [6.45, 7) is 2.22. The summed E-state index contributed by atoms with van der Waals surface area (Å²) in [4.78, 5) is 25.5. The molecule has 2 aliphatic heterocycles. The summed E-state index contributed by atoms with van der Waals surface area (Å²) in [5.74, 6) is -0.850. The highest BCUT2D eigenvalue weighted by Gasteiger charge is 2.50. The highest BCUT2D eigenvalue weighted by molar-refractivity contribution is 5.80. The van der Waals surface area contributed by atoms with E-state index in [4.69, 9.17) is 0 Å². The normalized spacial score (nSPS) is 27.3. The molecule has 0 saturated carbocycles. The minimum absolute atomic E-state index is 0.0236. The van der Waals surface area contributed by atoms with Crippen LogP contribution >= 0.6 is 0 Å². The van der Waals surface area contributed by atoms with E-state index in [9.17, 15) is 14.7 Å². The zero-order valence-electron chi connectivity index (χ0n) is 13.2. The number of carboxylic acids is 1. The van der Waals surface area contributed by atoms with Crippen LogP contribution in [0.4, 0.5) is 0 Å². The highest BCUT2D eigenvalue weighted by Crippen LogP contribution is 2.42. The molecule has 0 aromatic heterocycles. The van der Waals surface area contributed by atoms with Gasteiger partial charge in [-0.15, -0.1) is 0 Å². The van der Waals surface area contributed by atoms with Crippen molar-refractivity contribution in [3.05, 3.63) is 0 Å². The van der Waals surface area contributed by atoms with Gasteiger partial charge >= 0.3 is 5.97 Å².